The average molecular weight is 458 g/mol. The molecule has 0 fully saturated rings. The van der Waals surface area contributed by atoms with Gasteiger partial charge in [0.05, 0.1) is 23.8 Å². The van der Waals surface area contributed by atoms with Gasteiger partial charge in [-0.3, -0.25) is 18.6 Å². The Kier molecular flexibility index (Phi) is 6.15. The van der Waals surface area contributed by atoms with Crippen LogP contribution in [0.15, 0.2) is 52.4 Å². The summed E-state index contributed by atoms with van der Waals surface area (Å²) in [5, 5.41) is 12.8. The number of hydrogen-bond donors (Lipinski definition) is 1. The van der Waals surface area contributed by atoms with Crippen LogP contribution in [0.5, 0.6) is 5.75 Å². The number of rotatable bonds is 7. The summed E-state index contributed by atoms with van der Waals surface area (Å²) in [6.45, 7) is 2.49. The molecule has 10 heteroatoms. The number of aromatic nitrogens is 4. The van der Waals surface area contributed by atoms with Gasteiger partial charge < -0.3 is 10.1 Å². The molecule has 4 aromatic rings. The van der Waals surface area contributed by atoms with Gasteiger partial charge >= 0.3 is 0 Å². The van der Waals surface area contributed by atoms with Crippen molar-refractivity contribution in [2.45, 2.75) is 25.0 Å². The number of thioether (sulfide) groups is 1. The highest BCUT2D eigenvalue weighted by Gasteiger charge is 2.17. The van der Waals surface area contributed by atoms with Crippen LogP contribution in [-0.4, -0.2) is 37.9 Å². The van der Waals surface area contributed by atoms with Crippen LogP contribution in [0.1, 0.15) is 13.3 Å². The van der Waals surface area contributed by atoms with Gasteiger partial charge in [0.1, 0.15) is 5.75 Å². The molecule has 0 aliphatic heterocycles. The number of fused-ring (bicyclic) bond motifs is 3. The third kappa shape index (κ3) is 4.24. The van der Waals surface area contributed by atoms with Crippen LogP contribution in [0.3, 0.4) is 0 Å². The topological polar surface area (TPSA) is 90.5 Å². The van der Waals surface area contributed by atoms with Crippen LogP contribution in [0.25, 0.3) is 16.7 Å². The van der Waals surface area contributed by atoms with Crippen molar-refractivity contribution in [2.24, 2.45) is 0 Å². The molecule has 0 saturated heterocycles. The summed E-state index contributed by atoms with van der Waals surface area (Å²) < 4.78 is 8.51. The minimum absolute atomic E-state index is 0.134. The Morgan fingerprint density at radius 3 is 2.68 bits per heavy atom. The number of amides is 1. The molecule has 0 unspecified atom stereocenters. The SMILES string of the molecule is CCCn1c(=O)c2cc(Cl)ccc2n2c(SCC(=O)Nc3ccc(OC)cc3)nnc12. The minimum atomic E-state index is -0.179. The zero-order valence-electron chi connectivity index (χ0n) is 17.0. The smallest absolute Gasteiger partial charge is 0.262 e. The number of ether oxygens (including phenoxy) is 1. The van der Waals surface area contributed by atoms with E-state index in [1.54, 1.807) is 58.5 Å². The van der Waals surface area contributed by atoms with Crippen molar-refractivity contribution in [3.8, 4) is 5.75 Å². The molecule has 0 bridgehead atoms. The lowest BCUT2D eigenvalue weighted by atomic mass is 10.2. The number of benzene rings is 2. The second kappa shape index (κ2) is 8.99. The first kappa shape index (κ1) is 21.2. The highest BCUT2D eigenvalue weighted by Crippen LogP contribution is 2.24. The van der Waals surface area contributed by atoms with Gasteiger partial charge in [-0.15, -0.1) is 10.2 Å². The van der Waals surface area contributed by atoms with E-state index in [9.17, 15) is 9.59 Å². The summed E-state index contributed by atoms with van der Waals surface area (Å²) in [5.41, 5.74) is 1.17. The summed E-state index contributed by atoms with van der Waals surface area (Å²) in [4.78, 5) is 25.4. The van der Waals surface area contributed by atoms with Crippen molar-refractivity contribution in [3.63, 3.8) is 0 Å². The lowest BCUT2D eigenvalue weighted by molar-refractivity contribution is -0.113. The number of anilines is 1. The Morgan fingerprint density at radius 2 is 1.97 bits per heavy atom. The maximum atomic E-state index is 13.0. The molecule has 4 rings (SSSR count). The monoisotopic (exact) mass is 457 g/mol. The Labute approximate surface area is 187 Å². The number of nitrogens with zero attached hydrogens (tertiary/aromatic N) is 4. The van der Waals surface area contributed by atoms with Crippen molar-refractivity contribution in [3.05, 3.63) is 57.8 Å². The fraction of sp³-hybridized carbons (Fsp3) is 0.238. The van der Waals surface area contributed by atoms with E-state index < -0.39 is 0 Å². The third-order valence-electron chi connectivity index (χ3n) is 4.69. The predicted molar refractivity (Wildman–Crippen MR) is 122 cm³/mol. The molecule has 2 aromatic carbocycles. The molecule has 0 atom stereocenters. The quantitative estimate of drug-likeness (QED) is 0.424. The molecule has 0 aliphatic carbocycles. The zero-order valence-corrected chi connectivity index (χ0v) is 18.5. The van der Waals surface area contributed by atoms with E-state index in [0.29, 0.717) is 44.8 Å². The van der Waals surface area contributed by atoms with Crippen LogP contribution >= 0.6 is 23.4 Å². The molecule has 160 valence electrons. The van der Waals surface area contributed by atoms with E-state index in [1.165, 1.54) is 11.8 Å². The summed E-state index contributed by atoms with van der Waals surface area (Å²) in [5.74, 6) is 1.11. The van der Waals surface area contributed by atoms with Gasteiger partial charge in [0.15, 0.2) is 5.16 Å². The molecule has 2 heterocycles. The van der Waals surface area contributed by atoms with Crippen molar-refractivity contribution in [2.75, 3.05) is 18.2 Å². The standard InChI is InChI=1S/C21H20ClN5O3S/c1-3-10-26-19(29)16-11-13(22)4-9-17(16)27-20(26)24-25-21(27)31-12-18(28)23-14-5-7-15(30-2)8-6-14/h4-9,11H,3,10,12H2,1-2H3,(H,23,28). The van der Waals surface area contributed by atoms with E-state index in [1.807, 2.05) is 6.92 Å². The van der Waals surface area contributed by atoms with Crippen LogP contribution < -0.4 is 15.6 Å². The van der Waals surface area contributed by atoms with E-state index >= 15 is 0 Å². The van der Waals surface area contributed by atoms with Crippen LogP contribution in [0, 0.1) is 0 Å². The lowest BCUT2D eigenvalue weighted by Gasteiger charge is -2.11. The molecule has 1 N–H and O–H groups in total. The van der Waals surface area contributed by atoms with E-state index in [0.717, 1.165) is 6.42 Å². The second-order valence-corrected chi connectivity index (χ2v) is 8.18. The zero-order chi connectivity index (χ0) is 22.0. The first-order chi connectivity index (χ1) is 15.0. The van der Waals surface area contributed by atoms with Gasteiger partial charge in [-0.1, -0.05) is 30.3 Å². The summed E-state index contributed by atoms with van der Waals surface area (Å²) in [7, 11) is 1.59. The molecule has 8 nitrogen and oxygen atoms in total. The van der Waals surface area contributed by atoms with E-state index in [-0.39, 0.29) is 17.2 Å². The Morgan fingerprint density at radius 1 is 1.19 bits per heavy atom. The summed E-state index contributed by atoms with van der Waals surface area (Å²) in [6, 6.07) is 12.2. The molecule has 0 spiro atoms. The minimum Gasteiger partial charge on any atom is -0.497 e. The van der Waals surface area contributed by atoms with Gasteiger partial charge in [-0.25, -0.2) is 0 Å². The molecule has 1 amide bonds. The van der Waals surface area contributed by atoms with Gasteiger partial charge in [-0.2, -0.15) is 0 Å². The highest BCUT2D eigenvalue weighted by atomic mass is 35.5. The van der Waals surface area contributed by atoms with Crippen LogP contribution in [0.2, 0.25) is 5.02 Å². The van der Waals surface area contributed by atoms with Gasteiger partial charge in [-0.05, 0) is 48.9 Å². The largest absolute Gasteiger partial charge is 0.497 e. The Hall–Kier alpha value is -3.04. The average Bonchev–Trinajstić information content (AvgIpc) is 3.19. The normalized spacial score (nSPS) is 11.2. The molecular formula is C21H20ClN5O3S. The molecule has 31 heavy (non-hydrogen) atoms. The number of hydrogen-bond acceptors (Lipinski definition) is 6. The maximum Gasteiger partial charge on any atom is 0.262 e. The molecule has 2 aromatic heterocycles. The number of aryl methyl sites for hydroxylation is 1. The number of carbonyl (C=O) groups excluding carboxylic acids is 1. The van der Waals surface area contributed by atoms with Gasteiger partial charge in [0.25, 0.3) is 5.56 Å². The lowest BCUT2D eigenvalue weighted by Crippen LogP contribution is -2.23. The number of halogens is 1. The molecular weight excluding hydrogens is 438 g/mol. The van der Waals surface area contributed by atoms with Crippen LogP contribution in [-0.2, 0) is 11.3 Å². The molecule has 0 radical (unpaired) electrons. The van der Waals surface area contributed by atoms with Crippen LogP contribution in [0.4, 0.5) is 5.69 Å². The van der Waals surface area contributed by atoms with Crippen molar-refractivity contribution in [1.82, 2.24) is 19.2 Å². The first-order valence-electron chi connectivity index (χ1n) is 9.65. The second-order valence-electron chi connectivity index (χ2n) is 6.80. The molecule has 0 saturated carbocycles. The van der Waals surface area contributed by atoms with Gasteiger partial charge in [0.2, 0.25) is 11.7 Å². The Balaban J connectivity index is 1.64. The maximum absolute atomic E-state index is 13.0. The third-order valence-corrected chi connectivity index (χ3v) is 5.85. The molecule has 0 aliphatic rings. The van der Waals surface area contributed by atoms with Crippen molar-refractivity contribution >= 4 is 51.6 Å². The summed E-state index contributed by atoms with van der Waals surface area (Å²) >= 11 is 7.38. The van der Waals surface area contributed by atoms with E-state index in [2.05, 4.69) is 15.5 Å². The number of carbonyl (C=O) groups is 1. The highest BCUT2D eigenvalue weighted by molar-refractivity contribution is 7.99. The number of methoxy groups -OCH3 is 1. The number of nitrogens with one attached hydrogen (secondary N) is 1. The fourth-order valence-corrected chi connectivity index (χ4v) is 4.19. The van der Waals surface area contributed by atoms with E-state index in [4.69, 9.17) is 16.3 Å². The van der Waals surface area contributed by atoms with Gasteiger partial charge in [0, 0.05) is 17.3 Å². The van der Waals surface area contributed by atoms with Crippen molar-refractivity contribution in [1.29, 1.82) is 0 Å². The fourth-order valence-electron chi connectivity index (χ4n) is 3.28. The summed E-state index contributed by atoms with van der Waals surface area (Å²) in [6.07, 6.45) is 0.765. The Bertz CT molecular complexity index is 1320. The first-order valence-corrected chi connectivity index (χ1v) is 11.0. The predicted octanol–water partition coefficient (Wildman–Crippen LogP) is 3.85. The van der Waals surface area contributed by atoms with Crippen molar-refractivity contribution < 1.29 is 9.53 Å².